The van der Waals surface area contributed by atoms with Gasteiger partial charge in [-0.1, -0.05) is 24.3 Å². The summed E-state index contributed by atoms with van der Waals surface area (Å²) >= 11 is 1.65. The number of nitrogens with zero attached hydrogens (tertiary/aromatic N) is 3. The number of fused-ring (bicyclic) bond motifs is 3. The van der Waals surface area contributed by atoms with E-state index >= 15 is 0 Å². The number of nitro benzene ring substituents is 1. The Morgan fingerprint density at radius 1 is 1.21 bits per heavy atom. The fourth-order valence-corrected chi connectivity index (χ4v) is 4.58. The summed E-state index contributed by atoms with van der Waals surface area (Å²) in [5.41, 5.74) is 2.61. The first-order chi connectivity index (χ1) is 14.2. The molecule has 0 N–H and O–H groups in total. The van der Waals surface area contributed by atoms with Gasteiger partial charge in [0, 0.05) is 24.1 Å². The Kier molecular flexibility index (Phi) is 4.21. The van der Waals surface area contributed by atoms with Crippen LogP contribution in [-0.2, 0) is 0 Å². The van der Waals surface area contributed by atoms with Crippen molar-refractivity contribution in [2.24, 2.45) is 5.10 Å². The van der Waals surface area contributed by atoms with Gasteiger partial charge in [0.2, 0.25) is 6.23 Å². The van der Waals surface area contributed by atoms with E-state index in [9.17, 15) is 10.1 Å². The number of thiophene rings is 1. The van der Waals surface area contributed by atoms with Gasteiger partial charge in [-0.25, -0.2) is 5.01 Å². The number of hydrogen-bond donors (Lipinski definition) is 0. The first-order valence-electron chi connectivity index (χ1n) is 9.13. The molecular weight excluding hydrogens is 390 g/mol. The molecule has 1 aromatic heterocycles. The van der Waals surface area contributed by atoms with Crippen LogP contribution in [0.3, 0.4) is 0 Å². The molecule has 7 nitrogen and oxygen atoms in total. The molecule has 146 valence electrons. The first kappa shape index (κ1) is 17.7. The van der Waals surface area contributed by atoms with E-state index in [0.29, 0.717) is 11.3 Å². The summed E-state index contributed by atoms with van der Waals surface area (Å²) in [6, 6.07) is 16.5. The Balaban J connectivity index is 1.65. The highest BCUT2D eigenvalue weighted by atomic mass is 32.1. The molecule has 0 saturated carbocycles. The molecule has 2 aliphatic heterocycles. The van der Waals surface area contributed by atoms with Gasteiger partial charge in [0.25, 0.3) is 5.69 Å². The predicted molar refractivity (Wildman–Crippen MR) is 110 cm³/mol. The molecule has 3 aromatic rings. The average Bonchev–Trinajstić information content (AvgIpc) is 3.42. The minimum Gasteiger partial charge on any atom is -0.496 e. The first-order valence-corrected chi connectivity index (χ1v) is 10.0. The minimum absolute atomic E-state index is 0.00832. The van der Waals surface area contributed by atoms with Crippen molar-refractivity contribution in [1.29, 1.82) is 0 Å². The third-order valence-corrected chi connectivity index (χ3v) is 6.11. The fourth-order valence-electron chi connectivity index (χ4n) is 3.86. The highest BCUT2D eigenvalue weighted by Crippen LogP contribution is 2.49. The van der Waals surface area contributed by atoms with Gasteiger partial charge >= 0.3 is 0 Å². The lowest BCUT2D eigenvalue weighted by molar-refractivity contribution is -0.385. The van der Waals surface area contributed by atoms with Crippen molar-refractivity contribution in [2.45, 2.75) is 18.7 Å². The Morgan fingerprint density at radius 2 is 2.07 bits per heavy atom. The number of ether oxygens (including phenoxy) is 2. The van der Waals surface area contributed by atoms with E-state index in [1.54, 1.807) is 24.5 Å². The van der Waals surface area contributed by atoms with Gasteiger partial charge < -0.3 is 9.47 Å². The number of para-hydroxylation sites is 1. The van der Waals surface area contributed by atoms with Crippen molar-refractivity contribution in [3.63, 3.8) is 0 Å². The molecule has 0 bridgehead atoms. The van der Waals surface area contributed by atoms with Crippen LogP contribution in [0.1, 0.15) is 34.7 Å². The quantitative estimate of drug-likeness (QED) is 0.454. The molecular formula is C21H17N3O4S. The number of nitro groups is 1. The molecule has 0 fully saturated rings. The Labute approximate surface area is 171 Å². The van der Waals surface area contributed by atoms with Crippen LogP contribution >= 0.6 is 11.3 Å². The zero-order chi connectivity index (χ0) is 20.0. The van der Waals surface area contributed by atoms with Crippen molar-refractivity contribution in [2.75, 3.05) is 7.11 Å². The normalized spacial score (nSPS) is 19.8. The predicted octanol–water partition coefficient (Wildman–Crippen LogP) is 4.91. The SMILES string of the molecule is COc1ccc([N+](=O)[O-])cc1[C@H]1Oc2ccccc2[C@@H]2CC(c3cccs3)=NN12. The zero-order valence-corrected chi connectivity index (χ0v) is 16.3. The van der Waals surface area contributed by atoms with Crippen molar-refractivity contribution < 1.29 is 14.4 Å². The Morgan fingerprint density at radius 3 is 2.83 bits per heavy atom. The zero-order valence-electron chi connectivity index (χ0n) is 15.5. The highest BCUT2D eigenvalue weighted by molar-refractivity contribution is 7.12. The minimum atomic E-state index is -0.623. The molecule has 0 saturated heterocycles. The number of non-ortho nitro benzene ring substituents is 1. The lowest BCUT2D eigenvalue weighted by atomic mass is 9.97. The van der Waals surface area contributed by atoms with E-state index in [1.807, 2.05) is 40.7 Å². The molecule has 2 aliphatic rings. The average molecular weight is 407 g/mol. The molecule has 0 amide bonds. The molecule has 0 radical (unpaired) electrons. The van der Waals surface area contributed by atoms with Crippen LogP contribution in [0.25, 0.3) is 0 Å². The summed E-state index contributed by atoms with van der Waals surface area (Å²) in [6.07, 6.45) is 0.122. The summed E-state index contributed by atoms with van der Waals surface area (Å²) in [5, 5.41) is 20.2. The Hall–Kier alpha value is -3.39. The van der Waals surface area contributed by atoms with Gasteiger partial charge in [0.15, 0.2) is 0 Å². The van der Waals surface area contributed by atoms with E-state index in [4.69, 9.17) is 14.6 Å². The number of rotatable bonds is 4. The van der Waals surface area contributed by atoms with Gasteiger partial charge in [0.05, 0.1) is 34.2 Å². The van der Waals surface area contributed by atoms with Crippen LogP contribution in [0.2, 0.25) is 0 Å². The fraction of sp³-hybridized carbons (Fsp3) is 0.190. The van der Waals surface area contributed by atoms with E-state index in [1.165, 1.54) is 12.1 Å². The number of hydrogen-bond acceptors (Lipinski definition) is 7. The monoisotopic (exact) mass is 407 g/mol. The van der Waals surface area contributed by atoms with Crippen LogP contribution in [0.5, 0.6) is 11.5 Å². The van der Waals surface area contributed by atoms with Gasteiger partial charge in [-0.3, -0.25) is 10.1 Å². The Bertz CT molecular complexity index is 1110. The van der Waals surface area contributed by atoms with Crippen molar-refractivity contribution in [1.82, 2.24) is 5.01 Å². The maximum atomic E-state index is 11.4. The van der Waals surface area contributed by atoms with Crippen LogP contribution in [0.4, 0.5) is 5.69 Å². The van der Waals surface area contributed by atoms with Gasteiger partial charge in [-0.2, -0.15) is 5.10 Å². The third-order valence-electron chi connectivity index (χ3n) is 5.19. The topological polar surface area (TPSA) is 77.2 Å². The maximum absolute atomic E-state index is 11.4. The second-order valence-electron chi connectivity index (χ2n) is 6.82. The molecule has 29 heavy (non-hydrogen) atoms. The van der Waals surface area contributed by atoms with Crippen molar-refractivity contribution in [3.05, 3.63) is 86.1 Å². The molecule has 0 spiro atoms. The largest absolute Gasteiger partial charge is 0.496 e. The van der Waals surface area contributed by atoms with Crippen LogP contribution in [0.15, 0.2) is 65.1 Å². The molecule has 0 aliphatic carbocycles. The molecule has 0 unspecified atom stereocenters. The summed E-state index contributed by atoms with van der Waals surface area (Å²) in [7, 11) is 1.54. The van der Waals surface area contributed by atoms with Gasteiger partial charge in [-0.15, -0.1) is 11.3 Å². The number of benzene rings is 2. The van der Waals surface area contributed by atoms with Gasteiger partial charge in [-0.05, 0) is 23.6 Å². The van der Waals surface area contributed by atoms with E-state index in [2.05, 4.69) is 6.07 Å². The van der Waals surface area contributed by atoms with E-state index in [-0.39, 0.29) is 11.7 Å². The molecule has 8 heteroatoms. The molecule has 3 heterocycles. The second kappa shape index (κ2) is 6.89. The summed E-state index contributed by atoms with van der Waals surface area (Å²) in [5.74, 6) is 1.29. The van der Waals surface area contributed by atoms with E-state index < -0.39 is 11.2 Å². The van der Waals surface area contributed by atoms with Gasteiger partial charge in [0.1, 0.15) is 11.5 Å². The summed E-state index contributed by atoms with van der Waals surface area (Å²) < 4.78 is 11.8. The number of hydrazone groups is 1. The summed E-state index contributed by atoms with van der Waals surface area (Å²) in [6.45, 7) is 0. The van der Waals surface area contributed by atoms with Crippen molar-refractivity contribution in [3.8, 4) is 11.5 Å². The van der Waals surface area contributed by atoms with E-state index in [0.717, 1.165) is 28.3 Å². The summed E-state index contributed by atoms with van der Waals surface area (Å²) in [4.78, 5) is 12.1. The van der Waals surface area contributed by atoms with Crippen LogP contribution < -0.4 is 9.47 Å². The lowest BCUT2D eigenvalue weighted by Gasteiger charge is -2.38. The van der Waals surface area contributed by atoms with Crippen LogP contribution in [0, 0.1) is 10.1 Å². The number of methoxy groups -OCH3 is 1. The molecule has 5 rings (SSSR count). The highest BCUT2D eigenvalue weighted by Gasteiger charge is 2.42. The smallest absolute Gasteiger partial charge is 0.270 e. The van der Waals surface area contributed by atoms with Crippen LogP contribution in [-0.4, -0.2) is 22.8 Å². The standard InChI is InChI=1S/C21H17N3O4S/c1-27-18-9-8-13(24(25)26)11-15(18)21-23-17(14-5-2-3-6-19(14)28-21)12-16(22-23)20-7-4-10-29-20/h2-11,17,21H,12H2,1H3/t17-,21+/m0/s1. The maximum Gasteiger partial charge on any atom is 0.270 e. The third kappa shape index (κ3) is 2.92. The molecule has 2 aromatic carbocycles. The molecule has 2 atom stereocenters. The van der Waals surface area contributed by atoms with Crippen molar-refractivity contribution >= 4 is 22.7 Å². The second-order valence-corrected chi connectivity index (χ2v) is 7.76. The lowest BCUT2D eigenvalue weighted by Crippen LogP contribution is -2.34.